The van der Waals surface area contributed by atoms with Crippen LogP contribution in [0.1, 0.15) is 42.1 Å². The van der Waals surface area contributed by atoms with Crippen molar-refractivity contribution in [3.63, 3.8) is 0 Å². The molecule has 34 heavy (non-hydrogen) atoms. The van der Waals surface area contributed by atoms with Gasteiger partial charge in [0, 0.05) is 18.7 Å². The largest absolute Gasteiger partial charge is 0.377 e. The van der Waals surface area contributed by atoms with E-state index in [0.717, 1.165) is 12.8 Å². The number of hydrogen-bond acceptors (Lipinski definition) is 6. The van der Waals surface area contributed by atoms with E-state index in [4.69, 9.17) is 4.74 Å². The molecule has 2 aliphatic rings. The minimum Gasteiger partial charge on any atom is -0.377 e. The lowest BCUT2D eigenvalue weighted by Gasteiger charge is -2.25. The first-order valence-corrected chi connectivity index (χ1v) is 12.5. The van der Waals surface area contributed by atoms with Crippen LogP contribution in [0.4, 0.5) is 4.79 Å². The van der Waals surface area contributed by atoms with Gasteiger partial charge in [-0.25, -0.2) is 17.9 Å². The van der Waals surface area contributed by atoms with Gasteiger partial charge in [0.05, 0.1) is 11.0 Å². The summed E-state index contributed by atoms with van der Waals surface area (Å²) >= 11 is 0. The third-order valence-corrected chi connectivity index (χ3v) is 7.45. The number of hydrazine groups is 1. The monoisotopic (exact) mass is 486 g/mol. The van der Waals surface area contributed by atoms with E-state index in [1.54, 1.807) is 37.3 Å². The standard InChI is InChI=1S/C23H26N4O6S/c1-2-23(17-9-4-3-5-10-17)21(29)27(22(30)25-23)26-20(28)16-8-6-12-19(14-16)34(31,32)24-15-18-11-7-13-33-18/h3-6,8-10,12,14,18,24H,2,7,11,13,15H2,1H3,(H,25,30)(H,26,28). The number of carbonyl (C=O) groups excluding carboxylic acids is 3. The highest BCUT2D eigenvalue weighted by atomic mass is 32.2. The molecule has 3 N–H and O–H groups in total. The molecule has 10 nitrogen and oxygen atoms in total. The maximum absolute atomic E-state index is 13.2. The number of hydrogen-bond donors (Lipinski definition) is 3. The first-order chi connectivity index (χ1) is 16.3. The van der Waals surface area contributed by atoms with Crippen LogP contribution in [0.25, 0.3) is 0 Å². The van der Waals surface area contributed by atoms with Crippen molar-refractivity contribution in [2.24, 2.45) is 0 Å². The van der Waals surface area contributed by atoms with Gasteiger partial charge in [0.25, 0.3) is 11.8 Å². The third kappa shape index (κ3) is 4.54. The first kappa shape index (κ1) is 23.9. The lowest BCUT2D eigenvalue weighted by molar-refractivity contribution is -0.133. The second-order valence-corrected chi connectivity index (χ2v) is 9.92. The van der Waals surface area contributed by atoms with E-state index in [1.807, 2.05) is 0 Å². The Bertz CT molecular complexity index is 1200. The van der Waals surface area contributed by atoms with Crippen LogP contribution in [-0.2, 0) is 25.1 Å². The summed E-state index contributed by atoms with van der Waals surface area (Å²) in [6.45, 7) is 2.50. The number of ether oxygens (including phenoxy) is 1. The molecule has 4 rings (SSSR count). The molecular formula is C23H26N4O6S. The fraction of sp³-hybridized carbons (Fsp3) is 0.348. The number of imide groups is 1. The molecule has 2 unspecified atom stereocenters. The molecule has 2 fully saturated rings. The van der Waals surface area contributed by atoms with Gasteiger partial charge in [0.2, 0.25) is 10.0 Å². The van der Waals surface area contributed by atoms with E-state index in [2.05, 4.69) is 15.5 Å². The molecule has 0 bridgehead atoms. The predicted molar refractivity (Wildman–Crippen MR) is 122 cm³/mol. The van der Waals surface area contributed by atoms with Gasteiger partial charge in [-0.1, -0.05) is 43.3 Å². The van der Waals surface area contributed by atoms with Gasteiger partial charge >= 0.3 is 6.03 Å². The van der Waals surface area contributed by atoms with E-state index < -0.39 is 33.4 Å². The Morgan fingerprint density at radius 2 is 1.94 bits per heavy atom. The Labute approximate surface area is 197 Å². The van der Waals surface area contributed by atoms with E-state index in [1.165, 1.54) is 24.3 Å². The summed E-state index contributed by atoms with van der Waals surface area (Å²) in [5, 5.41) is 3.31. The van der Waals surface area contributed by atoms with Crippen molar-refractivity contribution in [1.82, 2.24) is 20.5 Å². The van der Waals surface area contributed by atoms with E-state index in [0.29, 0.717) is 17.2 Å². The minimum absolute atomic E-state index is 0.0192. The second kappa shape index (κ2) is 9.53. The quantitative estimate of drug-likeness (QED) is 0.486. The number of carbonyl (C=O) groups is 3. The zero-order valence-corrected chi connectivity index (χ0v) is 19.4. The Morgan fingerprint density at radius 1 is 1.18 bits per heavy atom. The molecule has 0 radical (unpaired) electrons. The van der Waals surface area contributed by atoms with Crippen LogP contribution in [0, 0.1) is 0 Å². The molecule has 2 aromatic carbocycles. The SMILES string of the molecule is CCC1(c2ccccc2)NC(=O)N(NC(=O)c2cccc(S(=O)(=O)NCC3CCCO3)c2)C1=O. The predicted octanol–water partition coefficient (Wildman–Crippen LogP) is 1.65. The van der Waals surface area contributed by atoms with E-state index >= 15 is 0 Å². The number of sulfonamides is 1. The van der Waals surface area contributed by atoms with Crippen LogP contribution in [0.15, 0.2) is 59.5 Å². The molecule has 2 aromatic rings. The Hall–Kier alpha value is -3.28. The molecule has 2 saturated heterocycles. The smallest absolute Gasteiger partial charge is 0.344 e. The van der Waals surface area contributed by atoms with E-state index in [9.17, 15) is 22.8 Å². The van der Waals surface area contributed by atoms with Gasteiger partial charge in [-0.2, -0.15) is 5.01 Å². The highest BCUT2D eigenvalue weighted by molar-refractivity contribution is 7.89. The number of urea groups is 1. The molecule has 11 heteroatoms. The summed E-state index contributed by atoms with van der Waals surface area (Å²) in [6.07, 6.45) is 1.76. The fourth-order valence-corrected chi connectivity index (χ4v) is 5.21. The van der Waals surface area contributed by atoms with Crippen molar-refractivity contribution in [2.45, 2.75) is 42.7 Å². The number of rotatable bonds is 8. The lowest BCUT2D eigenvalue weighted by atomic mass is 9.87. The number of benzene rings is 2. The van der Waals surface area contributed by atoms with E-state index in [-0.39, 0.29) is 29.5 Å². The minimum atomic E-state index is -3.88. The van der Waals surface area contributed by atoms with Gasteiger partial charge < -0.3 is 10.1 Å². The molecular weight excluding hydrogens is 460 g/mol. The van der Waals surface area contributed by atoms with Crippen molar-refractivity contribution in [3.8, 4) is 0 Å². The second-order valence-electron chi connectivity index (χ2n) is 8.15. The highest BCUT2D eigenvalue weighted by Gasteiger charge is 2.52. The number of nitrogens with one attached hydrogen (secondary N) is 3. The average Bonchev–Trinajstić information content (AvgIpc) is 3.46. The van der Waals surface area contributed by atoms with Crippen LogP contribution in [0.3, 0.4) is 0 Å². The Morgan fingerprint density at radius 3 is 2.62 bits per heavy atom. The summed E-state index contributed by atoms with van der Waals surface area (Å²) in [4.78, 5) is 38.5. The molecule has 0 aliphatic carbocycles. The van der Waals surface area contributed by atoms with Gasteiger partial charge in [-0.05, 0) is 43.0 Å². The fourth-order valence-electron chi connectivity index (χ4n) is 4.10. The van der Waals surface area contributed by atoms with Crippen molar-refractivity contribution in [2.75, 3.05) is 13.2 Å². The molecule has 0 saturated carbocycles. The van der Waals surface area contributed by atoms with Crippen molar-refractivity contribution in [1.29, 1.82) is 0 Å². The average molecular weight is 487 g/mol. The molecule has 180 valence electrons. The maximum atomic E-state index is 13.2. The molecule has 2 aliphatic heterocycles. The lowest BCUT2D eigenvalue weighted by Crippen LogP contribution is -2.48. The number of nitrogens with zero attached hydrogens (tertiary/aromatic N) is 1. The summed E-state index contributed by atoms with van der Waals surface area (Å²) in [5.74, 6) is -1.42. The van der Waals surface area contributed by atoms with Crippen molar-refractivity contribution in [3.05, 3.63) is 65.7 Å². The Kier molecular flexibility index (Phi) is 6.69. The molecule has 2 atom stereocenters. The number of amides is 4. The van der Waals surface area contributed by atoms with Gasteiger partial charge in [-0.15, -0.1) is 0 Å². The van der Waals surface area contributed by atoms with Crippen LogP contribution < -0.4 is 15.5 Å². The van der Waals surface area contributed by atoms with Crippen molar-refractivity contribution < 1.29 is 27.5 Å². The summed E-state index contributed by atoms with van der Waals surface area (Å²) in [7, 11) is -3.88. The molecule has 2 heterocycles. The normalized spacial score (nSPS) is 22.6. The van der Waals surface area contributed by atoms with Gasteiger partial charge in [-0.3, -0.25) is 15.0 Å². The third-order valence-electron chi connectivity index (χ3n) is 6.03. The van der Waals surface area contributed by atoms with Crippen LogP contribution in [-0.4, -0.2) is 50.5 Å². The molecule has 0 spiro atoms. The van der Waals surface area contributed by atoms with Crippen LogP contribution in [0.2, 0.25) is 0 Å². The van der Waals surface area contributed by atoms with Crippen LogP contribution in [0.5, 0.6) is 0 Å². The Balaban J connectivity index is 1.49. The summed E-state index contributed by atoms with van der Waals surface area (Å²) in [6, 6.07) is 13.4. The summed E-state index contributed by atoms with van der Waals surface area (Å²) < 4.78 is 33.3. The van der Waals surface area contributed by atoms with Crippen LogP contribution >= 0.6 is 0 Å². The van der Waals surface area contributed by atoms with Gasteiger partial charge in [0.1, 0.15) is 5.54 Å². The highest BCUT2D eigenvalue weighted by Crippen LogP contribution is 2.31. The topological polar surface area (TPSA) is 134 Å². The zero-order valence-electron chi connectivity index (χ0n) is 18.6. The maximum Gasteiger partial charge on any atom is 0.344 e. The zero-order chi connectivity index (χ0) is 24.3. The van der Waals surface area contributed by atoms with Crippen molar-refractivity contribution >= 4 is 27.9 Å². The summed E-state index contributed by atoms with van der Waals surface area (Å²) in [5.41, 5.74) is 1.58. The molecule has 4 amide bonds. The van der Waals surface area contributed by atoms with Gasteiger partial charge in [0.15, 0.2) is 0 Å². The first-order valence-electron chi connectivity index (χ1n) is 11.0. The molecule has 0 aromatic heterocycles.